The first-order valence-corrected chi connectivity index (χ1v) is 7.97. The number of anilines is 1. The van der Waals surface area contributed by atoms with Crippen molar-refractivity contribution in [3.63, 3.8) is 0 Å². The van der Waals surface area contributed by atoms with Gasteiger partial charge in [0.1, 0.15) is 0 Å². The smallest absolute Gasteiger partial charge is 0.270 e. The molecule has 0 atom stereocenters. The number of para-hydroxylation sites is 1. The van der Waals surface area contributed by atoms with Crippen LogP contribution in [0.3, 0.4) is 0 Å². The molecule has 2 rings (SSSR count). The van der Waals surface area contributed by atoms with E-state index in [0.717, 1.165) is 20.2 Å². The maximum atomic E-state index is 10.8. The fourth-order valence-electron chi connectivity index (χ4n) is 1.70. The van der Waals surface area contributed by atoms with Crippen LogP contribution in [-0.4, -0.2) is 4.92 Å². The number of nitro benzene ring substituents is 1. The first-order valence-electron chi connectivity index (χ1n) is 5.59. The third kappa shape index (κ3) is 3.80. The van der Waals surface area contributed by atoms with Crippen molar-refractivity contribution in [1.82, 2.24) is 0 Å². The SMILES string of the molecule is O=[N+]([O-])c1cc(Br)cc(CNc2c(Br)cccc2Br)c1. The van der Waals surface area contributed by atoms with Crippen LogP contribution in [0.1, 0.15) is 5.56 Å². The molecule has 7 heteroatoms. The highest BCUT2D eigenvalue weighted by Crippen LogP contribution is 2.31. The molecule has 0 amide bonds. The zero-order valence-corrected chi connectivity index (χ0v) is 14.8. The van der Waals surface area contributed by atoms with Crippen molar-refractivity contribution in [1.29, 1.82) is 0 Å². The molecule has 0 aromatic heterocycles. The van der Waals surface area contributed by atoms with Crippen molar-refractivity contribution >= 4 is 59.2 Å². The summed E-state index contributed by atoms with van der Waals surface area (Å²) in [5, 5.41) is 14.1. The molecule has 0 unspecified atom stereocenters. The molecule has 0 bridgehead atoms. The summed E-state index contributed by atoms with van der Waals surface area (Å²) in [6.45, 7) is 0.488. The van der Waals surface area contributed by atoms with Crippen molar-refractivity contribution in [3.8, 4) is 0 Å². The summed E-state index contributed by atoms with van der Waals surface area (Å²) in [5.41, 5.74) is 1.81. The van der Waals surface area contributed by atoms with Gasteiger partial charge < -0.3 is 5.32 Å². The molecule has 0 fully saturated rings. The van der Waals surface area contributed by atoms with E-state index in [1.807, 2.05) is 24.3 Å². The lowest BCUT2D eigenvalue weighted by Gasteiger charge is -2.11. The summed E-state index contributed by atoms with van der Waals surface area (Å²) in [6, 6.07) is 10.7. The Balaban J connectivity index is 2.21. The molecule has 0 spiro atoms. The van der Waals surface area contributed by atoms with E-state index in [9.17, 15) is 10.1 Å². The van der Waals surface area contributed by atoms with Gasteiger partial charge in [-0.15, -0.1) is 0 Å². The van der Waals surface area contributed by atoms with E-state index in [-0.39, 0.29) is 5.69 Å². The van der Waals surface area contributed by atoms with E-state index in [4.69, 9.17) is 0 Å². The van der Waals surface area contributed by atoms with Crippen molar-refractivity contribution < 1.29 is 4.92 Å². The van der Waals surface area contributed by atoms with E-state index < -0.39 is 4.92 Å². The number of non-ortho nitro benzene ring substituents is 1. The van der Waals surface area contributed by atoms with Crippen LogP contribution >= 0.6 is 47.8 Å². The Kier molecular flexibility index (Phi) is 5.17. The van der Waals surface area contributed by atoms with E-state index in [0.29, 0.717) is 11.0 Å². The maximum absolute atomic E-state index is 10.8. The van der Waals surface area contributed by atoms with Crippen LogP contribution < -0.4 is 5.32 Å². The van der Waals surface area contributed by atoms with Crippen molar-refractivity contribution in [2.24, 2.45) is 0 Å². The van der Waals surface area contributed by atoms with Crippen LogP contribution in [0.4, 0.5) is 11.4 Å². The van der Waals surface area contributed by atoms with Crippen LogP contribution in [0.2, 0.25) is 0 Å². The highest BCUT2D eigenvalue weighted by Gasteiger charge is 2.10. The minimum absolute atomic E-state index is 0.0716. The van der Waals surface area contributed by atoms with Crippen molar-refractivity contribution in [2.45, 2.75) is 6.54 Å². The largest absolute Gasteiger partial charge is 0.379 e. The lowest BCUT2D eigenvalue weighted by atomic mass is 10.2. The molecule has 0 aliphatic heterocycles. The molecule has 20 heavy (non-hydrogen) atoms. The fourth-order valence-corrected chi connectivity index (χ4v) is 3.51. The first kappa shape index (κ1) is 15.5. The molecule has 104 valence electrons. The summed E-state index contributed by atoms with van der Waals surface area (Å²) < 4.78 is 2.54. The van der Waals surface area contributed by atoms with Crippen LogP contribution in [0.25, 0.3) is 0 Å². The molecule has 0 radical (unpaired) electrons. The number of hydrogen-bond acceptors (Lipinski definition) is 3. The molecular weight excluding hydrogens is 456 g/mol. The van der Waals surface area contributed by atoms with Crippen LogP contribution in [0, 0.1) is 10.1 Å². The van der Waals surface area contributed by atoms with Gasteiger partial charge in [0, 0.05) is 32.1 Å². The number of benzene rings is 2. The molecule has 0 aliphatic carbocycles. The van der Waals surface area contributed by atoms with Gasteiger partial charge >= 0.3 is 0 Å². The van der Waals surface area contributed by atoms with Crippen molar-refractivity contribution in [2.75, 3.05) is 5.32 Å². The Bertz CT molecular complexity index is 642. The molecule has 0 heterocycles. The molecule has 0 saturated heterocycles. The predicted octanol–water partition coefficient (Wildman–Crippen LogP) is 5.49. The third-order valence-electron chi connectivity index (χ3n) is 2.59. The van der Waals surface area contributed by atoms with Crippen LogP contribution in [0.15, 0.2) is 49.8 Å². The summed E-state index contributed by atoms with van der Waals surface area (Å²) >= 11 is 10.2. The normalized spacial score (nSPS) is 10.3. The van der Waals surface area contributed by atoms with Gasteiger partial charge in [0.2, 0.25) is 0 Å². The maximum Gasteiger partial charge on any atom is 0.270 e. The number of hydrogen-bond donors (Lipinski definition) is 1. The first-order chi connectivity index (χ1) is 9.47. The minimum atomic E-state index is -0.400. The second kappa shape index (κ2) is 6.69. The number of rotatable bonds is 4. The van der Waals surface area contributed by atoms with E-state index in [2.05, 4.69) is 53.1 Å². The standard InChI is InChI=1S/C13H9Br3N2O2/c14-9-4-8(5-10(6-9)18(19)20)7-17-13-11(15)2-1-3-12(13)16/h1-6,17H,7H2. The molecule has 0 saturated carbocycles. The summed E-state index contributed by atoms with van der Waals surface area (Å²) in [5.74, 6) is 0. The summed E-state index contributed by atoms with van der Waals surface area (Å²) in [6.07, 6.45) is 0. The van der Waals surface area contributed by atoms with Gasteiger partial charge in [-0.3, -0.25) is 10.1 Å². The van der Waals surface area contributed by atoms with Gasteiger partial charge in [-0.05, 0) is 55.6 Å². The summed E-state index contributed by atoms with van der Waals surface area (Å²) in [4.78, 5) is 10.4. The Morgan fingerprint density at radius 2 is 1.75 bits per heavy atom. The van der Waals surface area contributed by atoms with Crippen LogP contribution in [-0.2, 0) is 6.54 Å². The van der Waals surface area contributed by atoms with E-state index in [1.165, 1.54) is 6.07 Å². The second-order valence-electron chi connectivity index (χ2n) is 4.02. The average molecular weight is 465 g/mol. The highest BCUT2D eigenvalue weighted by molar-refractivity contribution is 9.11. The quantitative estimate of drug-likeness (QED) is 0.480. The fraction of sp³-hybridized carbons (Fsp3) is 0.0769. The Labute approximate surface area is 141 Å². The Morgan fingerprint density at radius 3 is 2.35 bits per heavy atom. The number of nitrogens with zero attached hydrogens (tertiary/aromatic N) is 1. The number of halogens is 3. The topological polar surface area (TPSA) is 55.2 Å². The average Bonchev–Trinajstić information content (AvgIpc) is 2.37. The Hall–Kier alpha value is -0.920. The Morgan fingerprint density at radius 1 is 1.10 bits per heavy atom. The molecule has 0 aliphatic rings. The van der Waals surface area contributed by atoms with Gasteiger partial charge in [0.25, 0.3) is 5.69 Å². The van der Waals surface area contributed by atoms with Gasteiger partial charge in [0.15, 0.2) is 0 Å². The number of nitro groups is 1. The highest BCUT2D eigenvalue weighted by atomic mass is 79.9. The zero-order valence-electron chi connectivity index (χ0n) is 10.1. The second-order valence-corrected chi connectivity index (χ2v) is 6.65. The van der Waals surface area contributed by atoms with Gasteiger partial charge in [-0.2, -0.15) is 0 Å². The molecule has 2 aromatic rings. The molecule has 2 aromatic carbocycles. The van der Waals surface area contributed by atoms with E-state index >= 15 is 0 Å². The lowest BCUT2D eigenvalue weighted by Crippen LogP contribution is -2.01. The molecule has 4 nitrogen and oxygen atoms in total. The molecular formula is C13H9Br3N2O2. The zero-order chi connectivity index (χ0) is 14.7. The van der Waals surface area contributed by atoms with Gasteiger partial charge in [-0.25, -0.2) is 0 Å². The molecule has 1 N–H and O–H groups in total. The van der Waals surface area contributed by atoms with Gasteiger partial charge in [0.05, 0.1) is 10.6 Å². The summed E-state index contributed by atoms with van der Waals surface area (Å²) in [7, 11) is 0. The number of nitrogens with one attached hydrogen (secondary N) is 1. The van der Waals surface area contributed by atoms with Crippen molar-refractivity contribution in [3.05, 3.63) is 65.5 Å². The minimum Gasteiger partial charge on any atom is -0.379 e. The van der Waals surface area contributed by atoms with Crippen LogP contribution in [0.5, 0.6) is 0 Å². The van der Waals surface area contributed by atoms with E-state index in [1.54, 1.807) is 6.07 Å². The lowest BCUT2D eigenvalue weighted by molar-refractivity contribution is -0.385. The predicted molar refractivity (Wildman–Crippen MR) is 90.0 cm³/mol. The third-order valence-corrected chi connectivity index (χ3v) is 4.36. The monoisotopic (exact) mass is 462 g/mol. The van der Waals surface area contributed by atoms with Gasteiger partial charge in [-0.1, -0.05) is 22.0 Å².